The molecular formula is C24H30N4O2. The Hall–Kier alpha value is -2.15. The summed E-state index contributed by atoms with van der Waals surface area (Å²) in [6.45, 7) is 8.11. The fourth-order valence-corrected chi connectivity index (χ4v) is 6.15. The Morgan fingerprint density at radius 3 is 2.90 bits per heavy atom. The molecule has 30 heavy (non-hydrogen) atoms. The summed E-state index contributed by atoms with van der Waals surface area (Å²) >= 11 is 0. The van der Waals surface area contributed by atoms with Crippen molar-refractivity contribution in [2.45, 2.75) is 64.3 Å². The molecule has 158 valence electrons. The zero-order chi connectivity index (χ0) is 20.7. The number of fused-ring (bicyclic) bond motifs is 3. The number of amidine groups is 1. The zero-order valence-electron chi connectivity index (χ0n) is 18.0. The van der Waals surface area contributed by atoms with Gasteiger partial charge in [-0.25, -0.2) is 15.3 Å². The molecule has 0 bridgehead atoms. The van der Waals surface area contributed by atoms with E-state index in [-0.39, 0.29) is 5.41 Å². The maximum absolute atomic E-state index is 10.4. The second kappa shape index (κ2) is 6.19. The third kappa shape index (κ3) is 2.38. The van der Waals surface area contributed by atoms with Crippen molar-refractivity contribution in [2.75, 3.05) is 13.1 Å². The number of hydrogen-bond donors (Lipinski definition) is 2. The molecule has 0 aliphatic carbocycles. The lowest BCUT2D eigenvalue weighted by atomic mass is 9.66. The molecule has 6 rings (SSSR count). The molecule has 4 aliphatic heterocycles. The van der Waals surface area contributed by atoms with Crippen LogP contribution in [0.25, 0.3) is 16.6 Å². The van der Waals surface area contributed by atoms with Gasteiger partial charge in [-0.1, -0.05) is 25.1 Å². The monoisotopic (exact) mass is 406 g/mol. The van der Waals surface area contributed by atoms with E-state index in [1.807, 2.05) is 0 Å². The van der Waals surface area contributed by atoms with Crippen molar-refractivity contribution in [1.29, 1.82) is 0 Å². The highest BCUT2D eigenvalue weighted by molar-refractivity contribution is 6.19. The number of hydrogen-bond acceptors (Lipinski definition) is 5. The van der Waals surface area contributed by atoms with Gasteiger partial charge in [0, 0.05) is 23.0 Å². The minimum absolute atomic E-state index is 0.101. The number of aliphatic hydroxyl groups is 1. The fourth-order valence-electron chi connectivity index (χ4n) is 6.15. The SMILES string of the molecule is CC[C@@]12C=C(C3=NC(C(C)(C)O)ON3)n3c4c(c5ccccc53)CCN(CCC1)[C@H]42. The number of nitrogens with one attached hydrogen (secondary N) is 1. The first-order chi connectivity index (χ1) is 14.4. The lowest BCUT2D eigenvalue weighted by molar-refractivity contribution is -0.0912. The Balaban J connectivity index is 1.63. The van der Waals surface area contributed by atoms with Gasteiger partial charge in [0.05, 0.1) is 17.3 Å². The number of para-hydroxylation sites is 1. The van der Waals surface area contributed by atoms with Crippen molar-refractivity contribution >= 4 is 22.4 Å². The van der Waals surface area contributed by atoms with Crippen molar-refractivity contribution in [3.05, 3.63) is 41.6 Å². The van der Waals surface area contributed by atoms with Crippen LogP contribution in [-0.4, -0.2) is 45.3 Å². The molecule has 0 amide bonds. The molecule has 0 saturated carbocycles. The molecule has 1 aromatic carbocycles. The third-order valence-electron chi connectivity index (χ3n) is 7.61. The van der Waals surface area contributed by atoms with Crippen LogP contribution in [0.15, 0.2) is 35.3 Å². The molecule has 2 aromatic rings. The van der Waals surface area contributed by atoms with Crippen LogP contribution in [0.3, 0.4) is 0 Å². The highest BCUT2D eigenvalue weighted by atomic mass is 16.7. The first-order valence-corrected chi connectivity index (χ1v) is 11.2. The van der Waals surface area contributed by atoms with E-state index in [0.717, 1.165) is 30.9 Å². The van der Waals surface area contributed by atoms with Crippen LogP contribution in [0.5, 0.6) is 0 Å². The van der Waals surface area contributed by atoms with Crippen molar-refractivity contribution in [1.82, 2.24) is 14.9 Å². The number of benzene rings is 1. The number of aromatic nitrogens is 1. The van der Waals surface area contributed by atoms with Crippen LogP contribution in [0.2, 0.25) is 0 Å². The largest absolute Gasteiger partial charge is 0.386 e. The van der Waals surface area contributed by atoms with Gasteiger partial charge >= 0.3 is 0 Å². The van der Waals surface area contributed by atoms with Gasteiger partial charge in [0.15, 0.2) is 5.84 Å². The average Bonchev–Trinajstić information content (AvgIpc) is 3.36. The molecular weight excluding hydrogens is 376 g/mol. The van der Waals surface area contributed by atoms with Gasteiger partial charge in [0.25, 0.3) is 0 Å². The first-order valence-electron chi connectivity index (χ1n) is 11.2. The van der Waals surface area contributed by atoms with E-state index in [1.165, 1.54) is 41.5 Å². The van der Waals surface area contributed by atoms with E-state index in [4.69, 9.17) is 9.83 Å². The van der Waals surface area contributed by atoms with E-state index in [9.17, 15) is 5.11 Å². The Bertz CT molecular complexity index is 1090. The summed E-state index contributed by atoms with van der Waals surface area (Å²) in [5, 5.41) is 11.8. The van der Waals surface area contributed by atoms with E-state index in [1.54, 1.807) is 13.8 Å². The number of rotatable bonds is 3. The molecule has 4 aliphatic rings. The minimum atomic E-state index is -1.05. The highest BCUT2D eigenvalue weighted by Gasteiger charge is 2.51. The molecule has 6 heteroatoms. The maximum Gasteiger partial charge on any atom is 0.205 e. The molecule has 1 unspecified atom stereocenters. The molecule has 0 spiro atoms. The smallest absolute Gasteiger partial charge is 0.205 e. The number of piperidine rings is 1. The molecule has 1 aromatic heterocycles. The Labute approximate surface area is 177 Å². The van der Waals surface area contributed by atoms with E-state index in [0.29, 0.717) is 6.04 Å². The van der Waals surface area contributed by atoms with Gasteiger partial charge in [0.1, 0.15) is 5.60 Å². The van der Waals surface area contributed by atoms with Gasteiger partial charge < -0.3 is 9.67 Å². The summed E-state index contributed by atoms with van der Waals surface area (Å²) in [5.74, 6) is 0.722. The number of aliphatic imine (C=N–C) groups is 1. The fraction of sp³-hybridized carbons (Fsp3) is 0.542. The predicted octanol–water partition coefficient (Wildman–Crippen LogP) is 3.62. The Morgan fingerprint density at radius 1 is 1.30 bits per heavy atom. The molecule has 1 saturated heterocycles. The Morgan fingerprint density at radius 2 is 2.13 bits per heavy atom. The zero-order valence-corrected chi connectivity index (χ0v) is 18.0. The van der Waals surface area contributed by atoms with Gasteiger partial charge in [0.2, 0.25) is 6.23 Å². The standard InChI is InChI=1S/C24H30N4O2/c1-4-24-11-7-12-27-13-10-16-15-8-5-6-9-17(15)28(19(16)20(24)27)18(14-24)21-25-22(30-26-21)23(2,3)29/h5-6,8-9,14,20,22,29H,4,7,10-13H2,1-3H3,(H,25,26)/t20-,22?,24+/m1/s1. The van der Waals surface area contributed by atoms with Crippen molar-refractivity contribution in [3.63, 3.8) is 0 Å². The number of hydroxylamine groups is 1. The van der Waals surface area contributed by atoms with Gasteiger partial charge in [-0.3, -0.25) is 4.90 Å². The van der Waals surface area contributed by atoms with E-state index < -0.39 is 11.8 Å². The lowest BCUT2D eigenvalue weighted by Gasteiger charge is -2.53. The topological polar surface area (TPSA) is 62.0 Å². The molecule has 3 atom stereocenters. The average molecular weight is 407 g/mol. The van der Waals surface area contributed by atoms with Crippen molar-refractivity contribution < 1.29 is 9.94 Å². The lowest BCUT2D eigenvalue weighted by Crippen LogP contribution is -2.51. The normalized spacial score (nSPS) is 30.7. The van der Waals surface area contributed by atoms with Gasteiger partial charge in [-0.15, -0.1) is 0 Å². The minimum Gasteiger partial charge on any atom is -0.386 e. The molecule has 6 nitrogen and oxygen atoms in total. The second-order valence-electron chi connectivity index (χ2n) is 9.83. The first kappa shape index (κ1) is 18.6. The summed E-state index contributed by atoms with van der Waals surface area (Å²) < 4.78 is 2.42. The second-order valence-corrected chi connectivity index (χ2v) is 9.83. The molecule has 1 fully saturated rings. The van der Waals surface area contributed by atoms with Crippen LogP contribution in [0.1, 0.15) is 57.3 Å². The Kier molecular flexibility index (Phi) is 3.84. The summed E-state index contributed by atoms with van der Waals surface area (Å²) in [6, 6.07) is 9.17. The van der Waals surface area contributed by atoms with E-state index >= 15 is 0 Å². The quantitative estimate of drug-likeness (QED) is 0.817. The molecule has 2 N–H and O–H groups in total. The predicted molar refractivity (Wildman–Crippen MR) is 118 cm³/mol. The van der Waals surface area contributed by atoms with Crippen LogP contribution in [0.4, 0.5) is 0 Å². The third-order valence-corrected chi connectivity index (χ3v) is 7.61. The molecule has 5 heterocycles. The van der Waals surface area contributed by atoms with Crippen LogP contribution < -0.4 is 5.48 Å². The van der Waals surface area contributed by atoms with Gasteiger partial charge in [-0.2, -0.15) is 0 Å². The van der Waals surface area contributed by atoms with Crippen LogP contribution >= 0.6 is 0 Å². The van der Waals surface area contributed by atoms with Gasteiger partial charge in [-0.05, 0) is 63.8 Å². The highest BCUT2D eigenvalue weighted by Crippen LogP contribution is 2.57. The van der Waals surface area contributed by atoms with Crippen LogP contribution in [0, 0.1) is 5.41 Å². The summed E-state index contributed by atoms with van der Waals surface area (Å²) in [5.41, 5.74) is 7.35. The summed E-state index contributed by atoms with van der Waals surface area (Å²) in [6.07, 6.45) is 6.45. The van der Waals surface area contributed by atoms with Crippen LogP contribution in [-0.2, 0) is 11.3 Å². The van der Waals surface area contributed by atoms with Crippen molar-refractivity contribution in [2.24, 2.45) is 10.4 Å². The van der Waals surface area contributed by atoms with Crippen molar-refractivity contribution in [3.8, 4) is 0 Å². The molecule has 0 radical (unpaired) electrons. The number of nitrogens with zero attached hydrogens (tertiary/aromatic N) is 3. The summed E-state index contributed by atoms with van der Waals surface area (Å²) in [4.78, 5) is 13.2. The van der Waals surface area contributed by atoms with E-state index in [2.05, 4.69) is 52.2 Å². The summed E-state index contributed by atoms with van der Waals surface area (Å²) in [7, 11) is 0. The maximum atomic E-state index is 10.4.